The highest BCUT2D eigenvalue weighted by atomic mass is 16.5. The fraction of sp³-hybridized carbons (Fsp3) is 0.833. The second-order valence-electron chi connectivity index (χ2n) is 4.75. The summed E-state index contributed by atoms with van der Waals surface area (Å²) in [6.07, 6.45) is -0.208. The fourth-order valence-electron chi connectivity index (χ4n) is 1.24. The lowest BCUT2D eigenvalue weighted by Crippen LogP contribution is -2.51. The number of urea groups is 1. The van der Waals surface area contributed by atoms with Crippen molar-refractivity contribution in [1.82, 2.24) is 10.6 Å². The van der Waals surface area contributed by atoms with Crippen LogP contribution < -0.4 is 10.6 Å². The van der Waals surface area contributed by atoms with Crippen molar-refractivity contribution in [3.63, 3.8) is 0 Å². The van der Waals surface area contributed by atoms with Gasteiger partial charge in [-0.05, 0) is 19.3 Å². The minimum Gasteiger partial charge on any atom is -0.480 e. The van der Waals surface area contributed by atoms with Crippen molar-refractivity contribution in [2.24, 2.45) is 5.92 Å². The van der Waals surface area contributed by atoms with Gasteiger partial charge in [-0.2, -0.15) is 0 Å². The van der Waals surface area contributed by atoms with E-state index in [2.05, 4.69) is 24.5 Å². The van der Waals surface area contributed by atoms with Crippen LogP contribution in [0.15, 0.2) is 0 Å². The van der Waals surface area contributed by atoms with Crippen LogP contribution in [0.1, 0.15) is 27.2 Å². The van der Waals surface area contributed by atoms with E-state index in [0.29, 0.717) is 19.1 Å². The molecule has 2 atom stereocenters. The van der Waals surface area contributed by atoms with Crippen LogP contribution in [0, 0.1) is 5.92 Å². The molecule has 0 saturated heterocycles. The van der Waals surface area contributed by atoms with Crippen LogP contribution in [0.3, 0.4) is 0 Å². The van der Waals surface area contributed by atoms with Crippen molar-refractivity contribution in [2.75, 3.05) is 19.8 Å². The number of rotatable bonds is 9. The van der Waals surface area contributed by atoms with Crippen LogP contribution in [0.25, 0.3) is 0 Å². The minimum absolute atomic E-state index is 0.288. The van der Waals surface area contributed by atoms with Gasteiger partial charge in [0.25, 0.3) is 0 Å². The van der Waals surface area contributed by atoms with Crippen LogP contribution in [0.4, 0.5) is 4.79 Å². The normalized spacial score (nSPS) is 13.9. The smallest absolute Gasteiger partial charge is 0.328 e. The first kappa shape index (κ1) is 17.7. The molecule has 0 aromatic heterocycles. The van der Waals surface area contributed by atoms with Crippen molar-refractivity contribution in [3.8, 4) is 0 Å². The van der Waals surface area contributed by atoms with Gasteiger partial charge in [0.15, 0.2) is 6.04 Å². The van der Waals surface area contributed by atoms with Gasteiger partial charge in [0, 0.05) is 13.2 Å². The highest BCUT2D eigenvalue weighted by Crippen LogP contribution is 1.98. The van der Waals surface area contributed by atoms with Gasteiger partial charge in [-0.3, -0.25) is 0 Å². The summed E-state index contributed by atoms with van der Waals surface area (Å²) in [6, 6.07) is -1.96. The van der Waals surface area contributed by atoms with Gasteiger partial charge in [-0.25, -0.2) is 9.59 Å². The van der Waals surface area contributed by atoms with E-state index in [4.69, 9.17) is 9.84 Å². The lowest BCUT2D eigenvalue weighted by molar-refractivity contribution is -0.141. The predicted molar refractivity (Wildman–Crippen MR) is 69.9 cm³/mol. The number of aliphatic carboxylic acids is 1. The lowest BCUT2D eigenvalue weighted by atomic mass is 10.1. The van der Waals surface area contributed by atoms with Gasteiger partial charge >= 0.3 is 12.0 Å². The van der Waals surface area contributed by atoms with E-state index in [1.165, 1.54) is 6.92 Å². The topological polar surface area (TPSA) is 108 Å². The molecule has 2 amide bonds. The maximum atomic E-state index is 11.4. The Balaban J connectivity index is 3.72. The first-order valence-electron chi connectivity index (χ1n) is 6.37. The van der Waals surface area contributed by atoms with Gasteiger partial charge < -0.3 is 25.6 Å². The number of carbonyl (C=O) groups excluding carboxylic acids is 1. The van der Waals surface area contributed by atoms with E-state index in [1.54, 1.807) is 0 Å². The number of amides is 2. The number of ether oxygens (including phenoxy) is 1. The number of hydrogen-bond donors (Lipinski definition) is 4. The Kier molecular flexibility index (Phi) is 8.90. The Hall–Kier alpha value is -1.34. The summed E-state index contributed by atoms with van der Waals surface area (Å²) >= 11 is 0. The number of carbonyl (C=O) groups is 2. The number of carboxylic acid groups (broad SMARTS) is 1. The SMILES string of the molecule is CC(C)CCOCCNC(=O)NC(C(=O)O)C(C)O. The van der Waals surface area contributed by atoms with E-state index in [1.807, 2.05) is 0 Å². The monoisotopic (exact) mass is 276 g/mol. The van der Waals surface area contributed by atoms with Gasteiger partial charge in [0.1, 0.15) is 0 Å². The first-order chi connectivity index (χ1) is 8.84. The van der Waals surface area contributed by atoms with Crippen molar-refractivity contribution in [1.29, 1.82) is 0 Å². The zero-order valence-corrected chi connectivity index (χ0v) is 11.7. The summed E-state index contributed by atoms with van der Waals surface area (Å²) in [5, 5.41) is 22.6. The predicted octanol–water partition coefficient (Wildman–Crippen LogP) is 0.182. The highest BCUT2D eigenvalue weighted by molar-refractivity contribution is 5.82. The Morgan fingerprint density at radius 3 is 2.32 bits per heavy atom. The summed E-state index contributed by atoms with van der Waals surface area (Å²) < 4.78 is 5.29. The van der Waals surface area contributed by atoms with Gasteiger partial charge in [0.2, 0.25) is 0 Å². The van der Waals surface area contributed by atoms with Crippen molar-refractivity contribution >= 4 is 12.0 Å². The molecule has 2 unspecified atom stereocenters. The summed E-state index contributed by atoms with van der Waals surface area (Å²) in [5.74, 6) is -0.711. The van der Waals surface area contributed by atoms with E-state index in [-0.39, 0.29) is 6.54 Å². The second kappa shape index (κ2) is 9.57. The van der Waals surface area contributed by atoms with Crippen LogP contribution in [0.5, 0.6) is 0 Å². The highest BCUT2D eigenvalue weighted by Gasteiger charge is 2.24. The van der Waals surface area contributed by atoms with E-state index in [0.717, 1.165) is 6.42 Å². The molecule has 0 aliphatic rings. The summed E-state index contributed by atoms with van der Waals surface area (Å²) in [6.45, 7) is 6.78. The molecule has 0 fully saturated rings. The molecule has 0 aliphatic carbocycles. The molecule has 0 bridgehead atoms. The maximum Gasteiger partial charge on any atom is 0.328 e. The second-order valence-corrected chi connectivity index (χ2v) is 4.75. The van der Waals surface area contributed by atoms with Crippen LogP contribution in [-0.2, 0) is 9.53 Å². The molecule has 0 aromatic rings. The van der Waals surface area contributed by atoms with Crippen LogP contribution in [0.2, 0.25) is 0 Å². The molecule has 19 heavy (non-hydrogen) atoms. The van der Waals surface area contributed by atoms with Crippen molar-refractivity contribution in [3.05, 3.63) is 0 Å². The molecule has 0 saturated carbocycles. The number of aliphatic hydroxyl groups is 1. The molecule has 0 heterocycles. The van der Waals surface area contributed by atoms with E-state index < -0.39 is 24.1 Å². The molecule has 0 aliphatic heterocycles. The Labute approximate surface area is 113 Å². The molecule has 0 spiro atoms. The van der Waals surface area contributed by atoms with Crippen molar-refractivity contribution < 1.29 is 24.5 Å². The van der Waals surface area contributed by atoms with E-state index >= 15 is 0 Å². The number of carboxylic acids is 1. The maximum absolute atomic E-state index is 11.4. The molecule has 112 valence electrons. The average molecular weight is 276 g/mol. The Morgan fingerprint density at radius 1 is 1.21 bits per heavy atom. The van der Waals surface area contributed by atoms with Gasteiger partial charge in [0.05, 0.1) is 12.7 Å². The third kappa shape index (κ3) is 9.26. The average Bonchev–Trinajstić information content (AvgIpc) is 2.29. The molecule has 7 heteroatoms. The van der Waals surface area contributed by atoms with E-state index in [9.17, 15) is 14.7 Å². The molecule has 0 rings (SSSR count). The fourth-order valence-corrected chi connectivity index (χ4v) is 1.24. The zero-order chi connectivity index (χ0) is 14.8. The Morgan fingerprint density at radius 2 is 1.84 bits per heavy atom. The number of aliphatic hydroxyl groups excluding tert-OH is 1. The number of hydrogen-bond acceptors (Lipinski definition) is 4. The largest absolute Gasteiger partial charge is 0.480 e. The number of nitrogens with one attached hydrogen (secondary N) is 2. The lowest BCUT2D eigenvalue weighted by Gasteiger charge is -2.17. The summed E-state index contributed by atoms with van der Waals surface area (Å²) in [7, 11) is 0. The Bertz CT molecular complexity index is 281. The summed E-state index contributed by atoms with van der Waals surface area (Å²) in [5.41, 5.74) is 0. The zero-order valence-electron chi connectivity index (χ0n) is 11.7. The molecular weight excluding hydrogens is 252 g/mol. The summed E-state index contributed by atoms with van der Waals surface area (Å²) in [4.78, 5) is 22.1. The minimum atomic E-state index is -1.32. The van der Waals surface area contributed by atoms with Gasteiger partial charge in [-0.1, -0.05) is 13.8 Å². The first-order valence-corrected chi connectivity index (χ1v) is 6.37. The molecule has 0 aromatic carbocycles. The third-order valence-corrected chi connectivity index (χ3v) is 2.41. The third-order valence-electron chi connectivity index (χ3n) is 2.41. The molecular formula is C12H24N2O5. The quantitative estimate of drug-likeness (QED) is 0.449. The standard InChI is InChI=1S/C12H24N2O5/c1-8(2)4-6-19-7-5-13-12(18)14-10(9(3)15)11(16)17/h8-10,15H,4-7H2,1-3H3,(H,16,17)(H2,13,14,18). The van der Waals surface area contributed by atoms with Crippen LogP contribution >= 0.6 is 0 Å². The van der Waals surface area contributed by atoms with Crippen molar-refractivity contribution in [2.45, 2.75) is 39.3 Å². The van der Waals surface area contributed by atoms with Gasteiger partial charge in [-0.15, -0.1) is 0 Å². The van der Waals surface area contributed by atoms with Crippen LogP contribution in [-0.4, -0.2) is 54.1 Å². The molecule has 7 nitrogen and oxygen atoms in total. The molecule has 4 N–H and O–H groups in total. The molecule has 0 radical (unpaired) electrons.